The lowest BCUT2D eigenvalue weighted by atomic mass is 9.70. The molecule has 222 valence electrons. The smallest absolute Gasteiger partial charge is 0.242 e. The molecule has 5 aliphatic heterocycles. The van der Waals surface area contributed by atoms with Gasteiger partial charge in [-0.25, -0.2) is 8.78 Å². The first-order chi connectivity index (χ1) is 18.6. The number of methoxy groups -OCH3 is 1. The van der Waals surface area contributed by atoms with Gasteiger partial charge in [-0.2, -0.15) is 0 Å². The number of ether oxygens (including phenoxy) is 1. The number of hydrogen-bond acceptors (Lipinski definition) is 8. The number of nitrogens with zero attached hydrogens (tertiary/aromatic N) is 1. The summed E-state index contributed by atoms with van der Waals surface area (Å²) in [6.07, 6.45) is -0.533. The van der Waals surface area contributed by atoms with Gasteiger partial charge in [0, 0.05) is 69.1 Å². The van der Waals surface area contributed by atoms with E-state index in [1.807, 2.05) is 11.8 Å². The molecule has 5 heterocycles. The fraction of sp³-hybridized carbons (Fsp3) is 0.923. The Kier molecular flexibility index (Phi) is 9.62. The predicted octanol–water partition coefficient (Wildman–Crippen LogP) is 0.985. The van der Waals surface area contributed by atoms with Gasteiger partial charge in [-0.05, 0) is 44.9 Å². The van der Waals surface area contributed by atoms with Crippen molar-refractivity contribution >= 4 is 35.2 Å². The SMILES string of the molecule is COC1CNC(Cl)CC1C1CC(C)NCC1C(=O)NC1NC2CN(C(=O)C3CC(C(F)F)CNC3C)CC2S1. The van der Waals surface area contributed by atoms with Crippen LogP contribution >= 0.6 is 23.4 Å². The molecule has 5 fully saturated rings. The van der Waals surface area contributed by atoms with Crippen molar-refractivity contribution in [1.29, 1.82) is 0 Å². The molecule has 0 radical (unpaired) electrons. The van der Waals surface area contributed by atoms with Crippen molar-refractivity contribution in [3.05, 3.63) is 0 Å². The van der Waals surface area contributed by atoms with E-state index in [-0.39, 0.29) is 77.0 Å². The second-order valence-electron chi connectivity index (χ2n) is 12.1. The standard InChI is InChI=1S/C26H43ClF2N6O3S/c1-12-4-16(17-6-22(27)32-9-20(17)38-3)18(8-30-12)24(36)34-26-33-19-10-35(11-21(19)39-26)25(37)15-5-14(23(28)29)7-31-13(15)2/h12-23,26,30-33H,4-11H2,1-3H3,(H,34,36). The minimum Gasteiger partial charge on any atom is -0.380 e. The highest BCUT2D eigenvalue weighted by molar-refractivity contribution is 8.00. The van der Waals surface area contributed by atoms with E-state index in [0.29, 0.717) is 32.2 Å². The molecule has 0 aromatic rings. The van der Waals surface area contributed by atoms with Crippen LogP contribution in [0.15, 0.2) is 0 Å². The van der Waals surface area contributed by atoms with E-state index in [4.69, 9.17) is 16.3 Å². The molecule has 5 saturated heterocycles. The van der Waals surface area contributed by atoms with Crippen LogP contribution in [0, 0.1) is 29.6 Å². The molecular weight excluding hydrogens is 550 g/mol. The van der Waals surface area contributed by atoms with Crippen LogP contribution < -0.4 is 26.6 Å². The zero-order valence-electron chi connectivity index (χ0n) is 22.9. The average molecular weight is 593 g/mol. The minimum absolute atomic E-state index is 0.0190. The van der Waals surface area contributed by atoms with Gasteiger partial charge < -0.3 is 25.6 Å². The Balaban J connectivity index is 1.16. The summed E-state index contributed by atoms with van der Waals surface area (Å²) in [5.74, 6) is -1.07. The number of alkyl halides is 3. The Bertz CT molecular complexity index is 881. The zero-order valence-corrected chi connectivity index (χ0v) is 24.4. The van der Waals surface area contributed by atoms with Crippen LogP contribution in [0.4, 0.5) is 8.78 Å². The Morgan fingerprint density at radius 2 is 1.82 bits per heavy atom. The minimum atomic E-state index is -2.42. The largest absolute Gasteiger partial charge is 0.380 e. The molecule has 13 heteroatoms. The third kappa shape index (κ3) is 6.52. The molecule has 5 N–H and O–H groups in total. The molecule has 5 rings (SSSR count). The zero-order chi connectivity index (χ0) is 27.8. The van der Waals surface area contributed by atoms with E-state index < -0.39 is 18.3 Å². The first-order valence-electron chi connectivity index (χ1n) is 14.3. The maximum atomic E-state index is 13.6. The van der Waals surface area contributed by atoms with Crippen molar-refractivity contribution in [2.24, 2.45) is 29.6 Å². The van der Waals surface area contributed by atoms with E-state index in [2.05, 4.69) is 33.5 Å². The quantitative estimate of drug-likeness (QED) is 0.230. The fourth-order valence-electron chi connectivity index (χ4n) is 7.28. The summed E-state index contributed by atoms with van der Waals surface area (Å²) in [5, 5.41) is 16.7. The van der Waals surface area contributed by atoms with E-state index in [1.54, 1.807) is 18.9 Å². The summed E-state index contributed by atoms with van der Waals surface area (Å²) in [6.45, 7) is 6.69. The number of nitrogens with one attached hydrogen (secondary N) is 5. The van der Waals surface area contributed by atoms with Crippen LogP contribution in [0.2, 0.25) is 0 Å². The van der Waals surface area contributed by atoms with E-state index in [0.717, 1.165) is 12.8 Å². The molecule has 0 aromatic carbocycles. The Labute approximate surface area is 239 Å². The summed E-state index contributed by atoms with van der Waals surface area (Å²) in [4.78, 5) is 28.7. The molecule has 5 aliphatic rings. The summed E-state index contributed by atoms with van der Waals surface area (Å²) in [5.41, 5.74) is -0.351. The molecule has 0 aromatic heterocycles. The summed E-state index contributed by atoms with van der Waals surface area (Å²) in [6, 6.07) is 0.258. The van der Waals surface area contributed by atoms with Crippen LogP contribution in [0.3, 0.4) is 0 Å². The van der Waals surface area contributed by atoms with Crippen LogP contribution in [-0.4, -0.2) is 103 Å². The Morgan fingerprint density at radius 3 is 2.54 bits per heavy atom. The number of thioether (sulfide) groups is 1. The number of halogens is 3. The van der Waals surface area contributed by atoms with E-state index in [9.17, 15) is 18.4 Å². The maximum absolute atomic E-state index is 13.6. The topological polar surface area (TPSA) is 107 Å². The lowest BCUT2D eigenvalue weighted by Gasteiger charge is -2.45. The van der Waals surface area contributed by atoms with Gasteiger partial charge in [0.05, 0.1) is 23.4 Å². The summed E-state index contributed by atoms with van der Waals surface area (Å²) < 4.78 is 32.4. The third-order valence-corrected chi connectivity index (χ3v) is 11.3. The van der Waals surface area contributed by atoms with Crippen LogP contribution in [-0.2, 0) is 14.3 Å². The summed E-state index contributed by atoms with van der Waals surface area (Å²) in [7, 11) is 1.72. The number of amides is 2. The number of fused-ring (bicyclic) bond motifs is 1. The van der Waals surface area contributed by atoms with Gasteiger partial charge in [0.15, 0.2) is 0 Å². The molecule has 0 bridgehead atoms. The van der Waals surface area contributed by atoms with E-state index >= 15 is 0 Å². The fourth-order valence-corrected chi connectivity index (χ4v) is 8.98. The van der Waals surface area contributed by atoms with Gasteiger partial charge in [-0.1, -0.05) is 0 Å². The van der Waals surface area contributed by atoms with Crippen LogP contribution in [0.1, 0.15) is 33.1 Å². The van der Waals surface area contributed by atoms with Crippen LogP contribution in [0.25, 0.3) is 0 Å². The van der Waals surface area contributed by atoms with Crippen LogP contribution in [0.5, 0.6) is 0 Å². The second kappa shape index (κ2) is 12.6. The molecule has 2 amide bonds. The highest BCUT2D eigenvalue weighted by Gasteiger charge is 2.48. The first kappa shape index (κ1) is 29.7. The van der Waals surface area contributed by atoms with Crippen molar-refractivity contribution in [2.75, 3.05) is 39.8 Å². The molecule has 39 heavy (non-hydrogen) atoms. The highest BCUT2D eigenvalue weighted by Crippen LogP contribution is 2.39. The predicted molar refractivity (Wildman–Crippen MR) is 147 cm³/mol. The monoisotopic (exact) mass is 592 g/mol. The van der Waals surface area contributed by atoms with Crippen molar-refractivity contribution in [2.45, 2.75) is 80.0 Å². The molecule has 12 atom stereocenters. The summed E-state index contributed by atoms with van der Waals surface area (Å²) >= 11 is 8.10. The van der Waals surface area contributed by atoms with Gasteiger partial charge in [0.1, 0.15) is 5.50 Å². The Hall–Kier alpha value is -0.760. The maximum Gasteiger partial charge on any atom is 0.242 e. The van der Waals surface area contributed by atoms with Crippen molar-refractivity contribution in [3.63, 3.8) is 0 Å². The van der Waals surface area contributed by atoms with Gasteiger partial charge in [-0.3, -0.25) is 20.2 Å². The normalized spacial score (nSPS) is 44.8. The lowest BCUT2D eigenvalue weighted by molar-refractivity contribution is -0.137. The first-order valence-corrected chi connectivity index (χ1v) is 15.7. The van der Waals surface area contributed by atoms with Crippen molar-refractivity contribution in [3.8, 4) is 0 Å². The lowest BCUT2D eigenvalue weighted by Crippen LogP contribution is -2.57. The van der Waals surface area contributed by atoms with Crippen molar-refractivity contribution < 1.29 is 23.1 Å². The van der Waals surface area contributed by atoms with Gasteiger partial charge >= 0.3 is 0 Å². The van der Waals surface area contributed by atoms with E-state index in [1.165, 1.54) is 0 Å². The van der Waals surface area contributed by atoms with Gasteiger partial charge in [0.25, 0.3) is 0 Å². The third-order valence-electron chi connectivity index (χ3n) is 9.58. The molecule has 0 aliphatic carbocycles. The van der Waals surface area contributed by atoms with Crippen molar-refractivity contribution in [1.82, 2.24) is 31.5 Å². The Morgan fingerprint density at radius 1 is 1.03 bits per heavy atom. The second-order valence-corrected chi connectivity index (χ2v) is 14.0. The highest BCUT2D eigenvalue weighted by atomic mass is 35.5. The molecule has 12 unspecified atom stereocenters. The number of piperidine rings is 3. The number of carbonyl (C=O) groups excluding carboxylic acids is 2. The number of rotatable bonds is 6. The number of likely N-dealkylation sites (tertiary alicyclic amines) is 1. The molecule has 0 saturated carbocycles. The number of hydrogen-bond donors (Lipinski definition) is 5. The number of carbonyl (C=O) groups is 2. The van der Waals surface area contributed by atoms with Gasteiger partial charge in [-0.15, -0.1) is 23.4 Å². The molecule has 9 nitrogen and oxygen atoms in total. The molecular formula is C26H43ClF2N6O3S. The molecule has 0 spiro atoms. The average Bonchev–Trinajstić information content (AvgIpc) is 3.47. The van der Waals surface area contributed by atoms with Gasteiger partial charge in [0.2, 0.25) is 18.2 Å².